The largest absolute Gasteiger partial charge is 0.462 e. The summed E-state index contributed by atoms with van der Waals surface area (Å²) >= 11 is 0. The molecule has 0 atom stereocenters. The summed E-state index contributed by atoms with van der Waals surface area (Å²) in [7, 11) is 0. The molecule has 168 valence electrons. The molecule has 2 aromatic heterocycles. The van der Waals surface area contributed by atoms with Crippen molar-refractivity contribution in [1.82, 2.24) is 14.8 Å². The van der Waals surface area contributed by atoms with Crippen LogP contribution < -0.4 is 19.5 Å². The molecule has 2 aromatic carbocycles. The quantitative estimate of drug-likeness (QED) is 0.445. The van der Waals surface area contributed by atoms with Crippen molar-refractivity contribution in [2.75, 3.05) is 18.7 Å². The van der Waals surface area contributed by atoms with Crippen molar-refractivity contribution >= 4 is 11.6 Å². The van der Waals surface area contributed by atoms with E-state index < -0.39 is 0 Å². The second-order valence-corrected chi connectivity index (χ2v) is 7.88. The van der Waals surface area contributed by atoms with Crippen LogP contribution in [0.25, 0.3) is 17.3 Å². The predicted molar refractivity (Wildman–Crippen MR) is 120 cm³/mol. The highest BCUT2D eigenvalue weighted by Crippen LogP contribution is 2.33. The Morgan fingerprint density at radius 1 is 1.12 bits per heavy atom. The van der Waals surface area contributed by atoms with Crippen LogP contribution in [-0.2, 0) is 0 Å². The topological polar surface area (TPSA) is 101 Å². The molecule has 4 aromatic rings. The molecule has 1 aliphatic heterocycles. The molecule has 0 fully saturated rings. The van der Waals surface area contributed by atoms with Gasteiger partial charge in [-0.1, -0.05) is 19.9 Å². The van der Waals surface area contributed by atoms with Gasteiger partial charge < -0.3 is 23.9 Å². The standard InChI is InChI=1S/C24H22N4O5/c1-15(2)13-31-24-26-22(20-7-4-10-30-20)28(27-24)18-6-3-5-17(12-18)25-23(29)16-8-9-19-21(11-16)33-14-32-19/h3-12,15H,13-14H2,1-2H3,(H,25,29). The molecule has 1 aliphatic rings. The average Bonchev–Trinajstić information content (AvgIpc) is 3.57. The highest BCUT2D eigenvalue weighted by molar-refractivity contribution is 6.04. The van der Waals surface area contributed by atoms with Crippen molar-refractivity contribution in [2.24, 2.45) is 5.92 Å². The number of carbonyl (C=O) groups is 1. The minimum Gasteiger partial charge on any atom is -0.462 e. The molecule has 0 radical (unpaired) electrons. The Labute approximate surface area is 189 Å². The fourth-order valence-electron chi connectivity index (χ4n) is 3.30. The van der Waals surface area contributed by atoms with Crippen molar-refractivity contribution in [3.63, 3.8) is 0 Å². The Morgan fingerprint density at radius 3 is 2.82 bits per heavy atom. The van der Waals surface area contributed by atoms with E-state index in [1.807, 2.05) is 12.1 Å². The molecule has 33 heavy (non-hydrogen) atoms. The monoisotopic (exact) mass is 446 g/mol. The number of aromatic nitrogens is 3. The normalized spacial score (nSPS) is 12.2. The van der Waals surface area contributed by atoms with Crippen molar-refractivity contribution in [3.05, 3.63) is 66.4 Å². The van der Waals surface area contributed by atoms with E-state index in [0.717, 1.165) is 0 Å². The summed E-state index contributed by atoms with van der Waals surface area (Å²) in [5, 5.41) is 7.42. The van der Waals surface area contributed by atoms with Gasteiger partial charge in [-0.2, -0.15) is 4.98 Å². The second-order valence-electron chi connectivity index (χ2n) is 7.88. The minimum atomic E-state index is -0.267. The Morgan fingerprint density at radius 2 is 2.00 bits per heavy atom. The number of carbonyl (C=O) groups excluding carboxylic acids is 1. The van der Waals surface area contributed by atoms with Gasteiger partial charge in [0, 0.05) is 11.3 Å². The number of hydrogen-bond acceptors (Lipinski definition) is 7. The third kappa shape index (κ3) is 4.38. The summed E-state index contributed by atoms with van der Waals surface area (Å²) in [6.07, 6.45) is 1.57. The summed E-state index contributed by atoms with van der Waals surface area (Å²) in [6.45, 7) is 4.75. The molecule has 0 aliphatic carbocycles. The van der Waals surface area contributed by atoms with Crippen LogP contribution in [0.5, 0.6) is 17.5 Å². The first-order valence-electron chi connectivity index (χ1n) is 10.5. The number of ether oxygens (including phenoxy) is 3. The van der Waals surface area contributed by atoms with Gasteiger partial charge in [-0.05, 0) is 54.4 Å². The third-order valence-electron chi connectivity index (χ3n) is 4.86. The van der Waals surface area contributed by atoms with E-state index in [1.165, 1.54) is 0 Å². The maximum atomic E-state index is 12.8. The average molecular weight is 446 g/mol. The van der Waals surface area contributed by atoms with E-state index >= 15 is 0 Å². The summed E-state index contributed by atoms with van der Waals surface area (Å²) < 4.78 is 23.6. The first-order valence-corrected chi connectivity index (χ1v) is 10.5. The van der Waals surface area contributed by atoms with E-state index in [4.69, 9.17) is 18.6 Å². The van der Waals surface area contributed by atoms with Gasteiger partial charge in [-0.3, -0.25) is 4.79 Å². The lowest BCUT2D eigenvalue weighted by Gasteiger charge is -2.09. The van der Waals surface area contributed by atoms with Crippen LogP contribution >= 0.6 is 0 Å². The Hall–Kier alpha value is -4.27. The number of benzene rings is 2. The van der Waals surface area contributed by atoms with Crippen molar-refractivity contribution in [2.45, 2.75) is 13.8 Å². The molecule has 0 spiro atoms. The minimum absolute atomic E-state index is 0.154. The molecular weight excluding hydrogens is 424 g/mol. The summed E-state index contributed by atoms with van der Waals surface area (Å²) in [6, 6.07) is 16.2. The molecule has 0 saturated heterocycles. The molecule has 0 bridgehead atoms. The van der Waals surface area contributed by atoms with Gasteiger partial charge in [0.05, 0.1) is 18.6 Å². The number of rotatable bonds is 7. The molecule has 1 amide bonds. The van der Waals surface area contributed by atoms with Crippen molar-refractivity contribution in [1.29, 1.82) is 0 Å². The summed E-state index contributed by atoms with van der Waals surface area (Å²) in [5.74, 6) is 2.29. The van der Waals surface area contributed by atoms with Crippen molar-refractivity contribution < 1.29 is 23.4 Å². The van der Waals surface area contributed by atoms with E-state index in [2.05, 4.69) is 29.2 Å². The Bertz CT molecular complexity index is 1280. The number of furan rings is 1. The maximum Gasteiger partial charge on any atom is 0.336 e. The van der Waals surface area contributed by atoms with Gasteiger partial charge >= 0.3 is 6.01 Å². The molecule has 3 heterocycles. The number of hydrogen-bond donors (Lipinski definition) is 1. The lowest BCUT2D eigenvalue weighted by Crippen LogP contribution is -2.12. The van der Waals surface area contributed by atoms with Gasteiger partial charge in [0.25, 0.3) is 5.91 Å². The SMILES string of the molecule is CC(C)COc1nc(-c2ccco2)n(-c2cccc(NC(=O)c3ccc4c(c3)OCO4)c2)n1. The van der Waals surface area contributed by atoms with E-state index in [0.29, 0.717) is 52.5 Å². The van der Waals surface area contributed by atoms with Crippen LogP contribution in [0.15, 0.2) is 65.3 Å². The summed E-state index contributed by atoms with van der Waals surface area (Å²) in [5.41, 5.74) is 1.75. The molecule has 0 saturated carbocycles. The van der Waals surface area contributed by atoms with Crippen LogP contribution in [0, 0.1) is 5.92 Å². The van der Waals surface area contributed by atoms with Crippen LogP contribution in [-0.4, -0.2) is 34.1 Å². The third-order valence-corrected chi connectivity index (χ3v) is 4.86. The van der Waals surface area contributed by atoms with Gasteiger partial charge in [-0.25, -0.2) is 4.68 Å². The zero-order valence-corrected chi connectivity index (χ0v) is 18.1. The van der Waals surface area contributed by atoms with Crippen LogP contribution in [0.3, 0.4) is 0 Å². The highest BCUT2D eigenvalue weighted by atomic mass is 16.7. The summed E-state index contributed by atoms with van der Waals surface area (Å²) in [4.78, 5) is 17.3. The van der Waals surface area contributed by atoms with Crippen LogP contribution in [0.1, 0.15) is 24.2 Å². The Kier molecular flexibility index (Phi) is 5.43. The number of anilines is 1. The molecule has 0 unspecified atom stereocenters. The first kappa shape index (κ1) is 20.6. The zero-order chi connectivity index (χ0) is 22.8. The fraction of sp³-hybridized carbons (Fsp3) is 0.208. The van der Waals surface area contributed by atoms with Gasteiger partial charge in [0.15, 0.2) is 17.3 Å². The first-order chi connectivity index (χ1) is 16.1. The number of fused-ring (bicyclic) bond motifs is 1. The highest BCUT2D eigenvalue weighted by Gasteiger charge is 2.19. The molecule has 1 N–H and O–H groups in total. The van der Waals surface area contributed by atoms with Crippen molar-refractivity contribution in [3.8, 4) is 34.8 Å². The van der Waals surface area contributed by atoms with Crippen LogP contribution in [0.4, 0.5) is 5.69 Å². The zero-order valence-electron chi connectivity index (χ0n) is 18.1. The molecule has 9 heteroatoms. The number of amides is 1. The number of nitrogens with zero attached hydrogens (tertiary/aromatic N) is 3. The smallest absolute Gasteiger partial charge is 0.336 e. The predicted octanol–water partition coefficient (Wildman–Crippen LogP) is 4.54. The lowest BCUT2D eigenvalue weighted by molar-refractivity contribution is 0.102. The number of nitrogens with one attached hydrogen (secondary N) is 1. The lowest BCUT2D eigenvalue weighted by atomic mass is 10.2. The molecular formula is C24H22N4O5. The van der Waals surface area contributed by atoms with E-state index in [9.17, 15) is 4.79 Å². The fourth-order valence-corrected chi connectivity index (χ4v) is 3.30. The van der Waals surface area contributed by atoms with Gasteiger partial charge in [0.2, 0.25) is 12.6 Å². The van der Waals surface area contributed by atoms with E-state index in [1.54, 1.807) is 53.4 Å². The van der Waals surface area contributed by atoms with Crippen LogP contribution in [0.2, 0.25) is 0 Å². The molecule has 5 rings (SSSR count). The Balaban J connectivity index is 1.42. The maximum absolute atomic E-state index is 12.8. The molecule has 9 nitrogen and oxygen atoms in total. The second kappa shape index (κ2) is 8.70. The van der Waals surface area contributed by atoms with E-state index in [-0.39, 0.29) is 18.7 Å². The van der Waals surface area contributed by atoms with Gasteiger partial charge in [-0.15, -0.1) is 5.10 Å². The van der Waals surface area contributed by atoms with Gasteiger partial charge in [0.1, 0.15) is 0 Å².